The topological polar surface area (TPSA) is 37.8 Å². The van der Waals surface area contributed by atoms with E-state index in [0.717, 1.165) is 22.2 Å². The summed E-state index contributed by atoms with van der Waals surface area (Å²) in [6.45, 7) is 5.17. The smallest absolute Gasteiger partial charge is 0.101 e. The van der Waals surface area contributed by atoms with Crippen LogP contribution in [0.5, 0.6) is 0 Å². The van der Waals surface area contributed by atoms with Crippen LogP contribution in [0.4, 0.5) is 0 Å². The van der Waals surface area contributed by atoms with Gasteiger partial charge in [-0.15, -0.1) is 0 Å². The first kappa shape index (κ1) is 13.1. The Hall–Kier alpha value is -1.39. The van der Waals surface area contributed by atoms with Gasteiger partial charge in [-0.2, -0.15) is 0 Å². The van der Waals surface area contributed by atoms with E-state index in [4.69, 9.17) is 0 Å². The molecule has 2 rings (SSSR count). The minimum Gasteiger partial charge on any atom is -0.309 e. The summed E-state index contributed by atoms with van der Waals surface area (Å²) in [6.07, 6.45) is 3.71. The second-order valence-electron chi connectivity index (χ2n) is 3.97. The molecule has 0 saturated heterocycles. The molecule has 0 aliphatic heterocycles. The first-order chi connectivity index (χ1) is 8.79. The van der Waals surface area contributed by atoms with Crippen molar-refractivity contribution in [2.75, 3.05) is 6.54 Å². The molecule has 1 unspecified atom stereocenters. The highest BCUT2D eigenvalue weighted by Gasteiger charge is 2.05. The van der Waals surface area contributed by atoms with Crippen molar-refractivity contribution in [1.29, 1.82) is 0 Å². The van der Waals surface area contributed by atoms with E-state index >= 15 is 0 Å². The lowest BCUT2D eigenvalue weighted by atomic mass is 10.2. The monoisotopic (exact) mass is 259 g/mol. The minimum absolute atomic E-state index is 0.295. The van der Waals surface area contributed by atoms with Crippen LogP contribution in [0.15, 0.2) is 52.6 Å². The number of pyridine rings is 2. The second kappa shape index (κ2) is 6.52. The molecule has 1 N–H and O–H groups in total. The van der Waals surface area contributed by atoms with Gasteiger partial charge < -0.3 is 5.32 Å². The molecule has 0 aliphatic carbocycles. The standard InChI is InChI=1S/C14H17N3S/c1-3-15-11(2)13-8-7-12(10-17-13)18-14-6-4-5-9-16-14/h4-11,15H,3H2,1-2H3. The van der Waals surface area contributed by atoms with Gasteiger partial charge in [0.2, 0.25) is 0 Å². The number of hydrogen-bond donors (Lipinski definition) is 1. The van der Waals surface area contributed by atoms with Crippen LogP contribution in [-0.2, 0) is 0 Å². The van der Waals surface area contributed by atoms with Crippen LogP contribution in [0.2, 0.25) is 0 Å². The SMILES string of the molecule is CCNC(C)c1ccc(Sc2ccccn2)cn1. The summed E-state index contributed by atoms with van der Waals surface area (Å²) in [5, 5.41) is 4.34. The van der Waals surface area contributed by atoms with Crippen molar-refractivity contribution in [3.8, 4) is 0 Å². The van der Waals surface area contributed by atoms with Crippen LogP contribution in [-0.4, -0.2) is 16.5 Å². The third-order valence-corrected chi connectivity index (χ3v) is 3.50. The Bertz CT molecular complexity index is 470. The van der Waals surface area contributed by atoms with Gasteiger partial charge in [0.25, 0.3) is 0 Å². The Morgan fingerprint density at radius 2 is 2.11 bits per heavy atom. The van der Waals surface area contributed by atoms with Gasteiger partial charge in [-0.05, 0) is 37.7 Å². The molecule has 94 valence electrons. The number of nitrogens with one attached hydrogen (secondary N) is 1. The van der Waals surface area contributed by atoms with E-state index in [1.807, 2.05) is 24.4 Å². The summed E-state index contributed by atoms with van der Waals surface area (Å²) in [7, 11) is 0. The molecular weight excluding hydrogens is 242 g/mol. The zero-order valence-corrected chi connectivity index (χ0v) is 11.4. The van der Waals surface area contributed by atoms with E-state index < -0.39 is 0 Å². The van der Waals surface area contributed by atoms with Crippen LogP contribution < -0.4 is 5.32 Å². The van der Waals surface area contributed by atoms with Crippen molar-refractivity contribution < 1.29 is 0 Å². The third kappa shape index (κ3) is 3.55. The quantitative estimate of drug-likeness (QED) is 0.894. The molecule has 0 aromatic carbocycles. The average molecular weight is 259 g/mol. The van der Waals surface area contributed by atoms with E-state index in [0.29, 0.717) is 6.04 Å². The lowest BCUT2D eigenvalue weighted by molar-refractivity contribution is 0.582. The number of hydrogen-bond acceptors (Lipinski definition) is 4. The molecule has 2 aromatic heterocycles. The Kier molecular flexibility index (Phi) is 4.73. The molecule has 0 spiro atoms. The lowest BCUT2D eigenvalue weighted by Gasteiger charge is -2.11. The van der Waals surface area contributed by atoms with E-state index in [9.17, 15) is 0 Å². The predicted molar refractivity (Wildman–Crippen MR) is 74.7 cm³/mol. The average Bonchev–Trinajstić information content (AvgIpc) is 2.41. The Morgan fingerprint density at radius 3 is 2.72 bits per heavy atom. The normalized spacial score (nSPS) is 12.3. The molecule has 0 amide bonds. The number of aromatic nitrogens is 2. The van der Waals surface area contributed by atoms with Crippen LogP contribution in [0.25, 0.3) is 0 Å². The van der Waals surface area contributed by atoms with Crippen molar-refractivity contribution in [2.45, 2.75) is 29.8 Å². The molecule has 1 atom stereocenters. The fourth-order valence-corrected chi connectivity index (χ4v) is 2.39. The highest BCUT2D eigenvalue weighted by atomic mass is 32.2. The van der Waals surface area contributed by atoms with Gasteiger partial charge in [-0.3, -0.25) is 4.98 Å². The zero-order chi connectivity index (χ0) is 12.8. The Balaban J connectivity index is 2.04. The summed E-state index contributed by atoms with van der Waals surface area (Å²) >= 11 is 1.63. The van der Waals surface area contributed by atoms with Gasteiger partial charge in [0.1, 0.15) is 5.03 Å². The molecule has 0 aliphatic rings. The van der Waals surface area contributed by atoms with Crippen LogP contribution in [0.1, 0.15) is 25.6 Å². The van der Waals surface area contributed by atoms with Crippen LogP contribution in [0.3, 0.4) is 0 Å². The Labute approximate surface area is 112 Å². The maximum Gasteiger partial charge on any atom is 0.101 e. The van der Waals surface area contributed by atoms with Gasteiger partial charge >= 0.3 is 0 Å². The van der Waals surface area contributed by atoms with Crippen molar-refractivity contribution >= 4 is 11.8 Å². The van der Waals surface area contributed by atoms with Gasteiger partial charge in [-0.1, -0.05) is 24.8 Å². The maximum absolute atomic E-state index is 4.48. The number of rotatable bonds is 5. The third-order valence-electron chi connectivity index (χ3n) is 2.57. The maximum atomic E-state index is 4.48. The summed E-state index contributed by atoms with van der Waals surface area (Å²) < 4.78 is 0. The van der Waals surface area contributed by atoms with Crippen molar-refractivity contribution in [2.24, 2.45) is 0 Å². The van der Waals surface area contributed by atoms with Crippen molar-refractivity contribution in [3.05, 3.63) is 48.4 Å². The van der Waals surface area contributed by atoms with Gasteiger partial charge in [-0.25, -0.2) is 4.98 Å². The molecule has 2 aromatic rings. The Morgan fingerprint density at radius 1 is 1.22 bits per heavy atom. The highest BCUT2D eigenvalue weighted by molar-refractivity contribution is 7.99. The lowest BCUT2D eigenvalue weighted by Crippen LogP contribution is -2.18. The van der Waals surface area contributed by atoms with E-state index in [1.165, 1.54) is 0 Å². The van der Waals surface area contributed by atoms with E-state index in [1.54, 1.807) is 18.0 Å². The summed E-state index contributed by atoms with van der Waals surface area (Å²) in [5.41, 5.74) is 1.07. The van der Waals surface area contributed by atoms with E-state index in [-0.39, 0.29) is 0 Å². The molecule has 0 radical (unpaired) electrons. The molecule has 0 fully saturated rings. The summed E-state index contributed by atoms with van der Waals surface area (Å²) in [4.78, 5) is 9.88. The predicted octanol–water partition coefficient (Wildman–Crippen LogP) is 3.30. The molecule has 4 heteroatoms. The first-order valence-electron chi connectivity index (χ1n) is 6.08. The van der Waals surface area contributed by atoms with Crippen molar-refractivity contribution in [3.63, 3.8) is 0 Å². The molecule has 0 bridgehead atoms. The van der Waals surface area contributed by atoms with Gasteiger partial charge in [0.15, 0.2) is 0 Å². The molecule has 3 nitrogen and oxygen atoms in total. The highest BCUT2D eigenvalue weighted by Crippen LogP contribution is 2.25. The second-order valence-corrected chi connectivity index (χ2v) is 5.06. The largest absolute Gasteiger partial charge is 0.309 e. The molecule has 18 heavy (non-hydrogen) atoms. The summed E-state index contributed by atoms with van der Waals surface area (Å²) in [6, 6.07) is 10.4. The first-order valence-corrected chi connectivity index (χ1v) is 6.89. The molecule has 0 saturated carbocycles. The van der Waals surface area contributed by atoms with Gasteiger partial charge in [0.05, 0.1) is 5.69 Å². The van der Waals surface area contributed by atoms with Crippen LogP contribution >= 0.6 is 11.8 Å². The van der Waals surface area contributed by atoms with E-state index in [2.05, 4.69) is 41.3 Å². The molecule has 2 heterocycles. The van der Waals surface area contributed by atoms with Crippen molar-refractivity contribution in [1.82, 2.24) is 15.3 Å². The zero-order valence-electron chi connectivity index (χ0n) is 10.6. The van der Waals surface area contributed by atoms with Gasteiger partial charge in [0, 0.05) is 23.3 Å². The molecular formula is C14H17N3S. The minimum atomic E-state index is 0.295. The number of nitrogens with zero attached hydrogens (tertiary/aromatic N) is 2. The fraction of sp³-hybridized carbons (Fsp3) is 0.286. The van der Waals surface area contributed by atoms with Crippen LogP contribution in [0, 0.1) is 0 Å². The fourth-order valence-electron chi connectivity index (χ4n) is 1.65. The summed E-state index contributed by atoms with van der Waals surface area (Å²) in [5.74, 6) is 0.